The minimum atomic E-state index is -0.294. The molecule has 150 valence electrons. The van der Waals surface area contributed by atoms with E-state index >= 15 is 0 Å². The van der Waals surface area contributed by atoms with Crippen LogP contribution in [0.15, 0.2) is 54.6 Å². The van der Waals surface area contributed by atoms with Crippen molar-refractivity contribution >= 4 is 17.5 Å². The van der Waals surface area contributed by atoms with Crippen LogP contribution in [0.3, 0.4) is 0 Å². The van der Waals surface area contributed by atoms with Gasteiger partial charge in [-0.25, -0.2) is 0 Å². The molecule has 2 N–H and O–H groups in total. The van der Waals surface area contributed by atoms with Gasteiger partial charge in [-0.1, -0.05) is 31.2 Å². The van der Waals surface area contributed by atoms with E-state index in [-0.39, 0.29) is 30.4 Å². The van der Waals surface area contributed by atoms with Gasteiger partial charge in [-0.15, -0.1) is 0 Å². The highest BCUT2D eigenvalue weighted by molar-refractivity contribution is 5.92. The van der Waals surface area contributed by atoms with Crippen molar-refractivity contribution in [2.75, 3.05) is 25.0 Å². The lowest BCUT2D eigenvalue weighted by Crippen LogP contribution is -2.47. The van der Waals surface area contributed by atoms with E-state index in [0.29, 0.717) is 18.0 Å². The van der Waals surface area contributed by atoms with Gasteiger partial charge < -0.3 is 15.4 Å². The van der Waals surface area contributed by atoms with Crippen molar-refractivity contribution in [1.82, 2.24) is 10.2 Å². The Balaban J connectivity index is 1.91. The monoisotopic (exact) mass is 383 g/mol. The summed E-state index contributed by atoms with van der Waals surface area (Å²) in [7, 11) is 0. The fourth-order valence-electron chi connectivity index (χ4n) is 2.61. The molecular formula is C22H29N3O3. The number of nitrogens with one attached hydrogen (secondary N) is 2. The van der Waals surface area contributed by atoms with Gasteiger partial charge in [0.1, 0.15) is 11.5 Å². The van der Waals surface area contributed by atoms with Gasteiger partial charge >= 0.3 is 0 Å². The van der Waals surface area contributed by atoms with Crippen LogP contribution < -0.4 is 15.4 Å². The van der Waals surface area contributed by atoms with Crippen LogP contribution in [-0.2, 0) is 9.59 Å². The number of rotatable bonds is 8. The minimum absolute atomic E-state index is 0.0968. The van der Waals surface area contributed by atoms with Gasteiger partial charge in [0.05, 0.1) is 13.1 Å². The molecule has 0 aliphatic carbocycles. The lowest BCUT2D eigenvalue weighted by Gasteiger charge is -2.24. The first-order valence-corrected chi connectivity index (χ1v) is 9.41. The fraction of sp³-hybridized carbons (Fsp3) is 0.364. The number of likely N-dealkylation sites (N-methyl/N-ethyl adjacent to an activating group) is 1. The second-order valence-electron chi connectivity index (χ2n) is 7.59. The quantitative estimate of drug-likeness (QED) is 0.730. The summed E-state index contributed by atoms with van der Waals surface area (Å²) in [6.07, 6.45) is 0. The van der Waals surface area contributed by atoms with Crippen LogP contribution in [-0.4, -0.2) is 41.9 Å². The average Bonchev–Trinajstić information content (AvgIpc) is 2.60. The topological polar surface area (TPSA) is 70.7 Å². The van der Waals surface area contributed by atoms with Crippen LogP contribution in [0.1, 0.15) is 27.7 Å². The zero-order valence-electron chi connectivity index (χ0n) is 17.0. The number of ether oxygens (including phenoxy) is 1. The molecular weight excluding hydrogens is 354 g/mol. The van der Waals surface area contributed by atoms with Crippen molar-refractivity contribution in [3.63, 3.8) is 0 Å². The smallest absolute Gasteiger partial charge is 0.238 e. The average molecular weight is 383 g/mol. The Morgan fingerprint density at radius 1 is 0.929 bits per heavy atom. The van der Waals surface area contributed by atoms with E-state index < -0.39 is 0 Å². The first-order chi connectivity index (χ1) is 13.2. The summed E-state index contributed by atoms with van der Waals surface area (Å²) in [6.45, 7) is 8.62. The third-order valence-electron chi connectivity index (χ3n) is 3.79. The second-order valence-corrected chi connectivity index (χ2v) is 7.59. The van der Waals surface area contributed by atoms with Crippen molar-refractivity contribution in [2.45, 2.75) is 33.2 Å². The summed E-state index contributed by atoms with van der Waals surface area (Å²) < 4.78 is 5.79. The minimum Gasteiger partial charge on any atom is -0.457 e. The highest BCUT2D eigenvalue weighted by Gasteiger charge is 2.17. The Kier molecular flexibility index (Phi) is 7.58. The largest absolute Gasteiger partial charge is 0.457 e. The Morgan fingerprint density at radius 3 is 2.21 bits per heavy atom. The molecule has 0 fully saturated rings. The summed E-state index contributed by atoms with van der Waals surface area (Å²) >= 11 is 0. The third-order valence-corrected chi connectivity index (χ3v) is 3.79. The molecule has 0 spiro atoms. The number of amides is 2. The number of para-hydroxylation sites is 1. The van der Waals surface area contributed by atoms with Gasteiger partial charge in [0.2, 0.25) is 11.8 Å². The van der Waals surface area contributed by atoms with E-state index in [2.05, 4.69) is 10.6 Å². The number of carbonyl (C=O) groups is 2. The number of hydrogen-bond donors (Lipinski definition) is 2. The molecule has 0 saturated heterocycles. The van der Waals surface area contributed by atoms with E-state index in [9.17, 15) is 9.59 Å². The van der Waals surface area contributed by atoms with Crippen LogP contribution in [0.2, 0.25) is 0 Å². The SMILES string of the molecule is CCN(CC(=O)Nc1cccc(Oc2ccccc2)c1)CC(=O)NC(C)(C)C. The molecule has 0 heterocycles. The molecule has 0 aromatic heterocycles. The number of hydrogen-bond acceptors (Lipinski definition) is 4. The van der Waals surface area contributed by atoms with Crippen LogP contribution in [0.4, 0.5) is 5.69 Å². The molecule has 2 amide bonds. The van der Waals surface area contributed by atoms with E-state index in [1.807, 2.05) is 70.2 Å². The Bertz CT molecular complexity index is 785. The highest BCUT2D eigenvalue weighted by atomic mass is 16.5. The van der Waals surface area contributed by atoms with Crippen LogP contribution in [0.5, 0.6) is 11.5 Å². The number of nitrogens with zero attached hydrogens (tertiary/aromatic N) is 1. The normalized spacial score (nSPS) is 11.2. The molecule has 0 aliphatic rings. The standard InChI is InChI=1S/C22H29N3O3/c1-5-25(16-21(27)24-22(2,3)4)15-20(26)23-17-10-9-13-19(14-17)28-18-11-7-6-8-12-18/h6-14H,5,15-16H2,1-4H3,(H,23,26)(H,24,27). The summed E-state index contributed by atoms with van der Waals surface area (Å²) in [6, 6.07) is 16.7. The van der Waals surface area contributed by atoms with E-state index in [0.717, 1.165) is 5.75 Å². The second kappa shape index (κ2) is 9.90. The van der Waals surface area contributed by atoms with Gasteiger partial charge in [-0.3, -0.25) is 14.5 Å². The molecule has 0 bridgehead atoms. The van der Waals surface area contributed by atoms with Gasteiger partial charge in [0.15, 0.2) is 0 Å². The molecule has 0 unspecified atom stereocenters. The maximum atomic E-state index is 12.4. The van der Waals surface area contributed by atoms with Gasteiger partial charge in [-0.05, 0) is 51.6 Å². The van der Waals surface area contributed by atoms with Gasteiger partial charge in [0.25, 0.3) is 0 Å². The molecule has 0 saturated carbocycles. The molecule has 6 heteroatoms. The van der Waals surface area contributed by atoms with Crippen LogP contribution in [0, 0.1) is 0 Å². The molecule has 0 atom stereocenters. The zero-order valence-corrected chi connectivity index (χ0v) is 17.0. The van der Waals surface area contributed by atoms with E-state index in [4.69, 9.17) is 4.74 Å². The van der Waals surface area contributed by atoms with Crippen molar-refractivity contribution in [3.05, 3.63) is 54.6 Å². The zero-order chi connectivity index (χ0) is 20.6. The van der Waals surface area contributed by atoms with Gasteiger partial charge in [0, 0.05) is 17.3 Å². The first-order valence-electron chi connectivity index (χ1n) is 9.41. The predicted octanol–water partition coefficient (Wildman–Crippen LogP) is 3.65. The summed E-state index contributed by atoms with van der Waals surface area (Å²) in [5.41, 5.74) is 0.353. The molecule has 0 aliphatic heterocycles. The molecule has 2 rings (SSSR count). The lowest BCUT2D eigenvalue weighted by atomic mass is 10.1. The predicted molar refractivity (Wildman–Crippen MR) is 112 cm³/mol. The Hall–Kier alpha value is -2.86. The van der Waals surface area contributed by atoms with E-state index in [1.54, 1.807) is 17.0 Å². The highest BCUT2D eigenvalue weighted by Crippen LogP contribution is 2.23. The van der Waals surface area contributed by atoms with Crippen LogP contribution in [0.25, 0.3) is 0 Å². The molecule has 2 aromatic carbocycles. The lowest BCUT2D eigenvalue weighted by molar-refractivity contribution is -0.124. The summed E-state index contributed by atoms with van der Waals surface area (Å²) in [5.74, 6) is 1.09. The number of benzene rings is 2. The van der Waals surface area contributed by atoms with Crippen LogP contribution >= 0.6 is 0 Å². The van der Waals surface area contributed by atoms with Crippen molar-refractivity contribution < 1.29 is 14.3 Å². The number of anilines is 1. The fourth-order valence-corrected chi connectivity index (χ4v) is 2.61. The third kappa shape index (κ3) is 7.80. The van der Waals surface area contributed by atoms with Crippen molar-refractivity contribution in [1.29, 1.82) is 0 Å². The maximum absolute atomic E-state index is 12.4. The Morgan fingerprint density at radius 2 is 1.57 bits per heavy atom. The van der Waals surface area contributed by atoms with E-state index in [1.165, 1.54) is 0 Å². The summed E-state index contributed by atoms with van der Waals surface area (Å²) in [5, 5.41) is 5.77. The van der Waals surface area contributed by atoms with Crippen molar-refractivity contribution in [3.8, 4) is 11.5 Å². The summed E-state index contributed by atoms with van der Waals surface area (Å²) in [4.78, 5) is 26.3. The Labute approximate surface area is 166 Å². The molecule has 2 aromatic rings. The number of carbonyl (C=O) groups excluding carboxylic acids is 2. The molecule has 0 radical (unpaired) electrons. The first kappa shape index (κ1) is 21.4. The molecule has 28 heavy (non-hydrogen) atoms. The molecule has 6 nitrogen and oxygen atoms in total. The maximum Gasteiger partial charge on any atom is 0.238 e. The van der Waals surface area contributed by atoms with Crippen molar-refractivity contribution in [2.24, 2.45) is 0 Å². The van der Waals surface area contributed by atoms with Gasteiger partial charge in [-0.2, -0.15) is 0 Å².